The van der Waals surface area contributed by atoms with Gasteiger partial charge in [-0.3, -0.25) is 4.79 Å². The first kappa shape index (κ1) is 17.0. The second-order valence-corrected chi connectivity index (χ2v) is 5.97. The summed E-state index contributed by atoms with van der Waals surface area (Å²) in [5.41, 5.74) is 1.64. The molecule has 5 nitrogen and oxygen atoms in total. The van der Waals surface area contributed by atoms with Gasteiger partial charge >= 0.3 is 11.9 Å². The number of carbonyl (C=O) groups excluding carboxylic acids is 2. The molecule has 0 aromatic heterocycles. The van der Waals surface area contributed by atoms with Gasteiger partial charge in [0, 0.05) is 5.70 Å². The van der Waals surface area contributed by atoms with Crippen molar-refractivity contribution in [3.05, 3.63) is 53.7 Å². The van der Waals surface area contributed by atoms with Crippen molar-refractivity contribution in [3.8, 4) is 0 Å². The Kier molecular flexibility index (Phi) is 5.03. The zero-order chi connectivity index (χ0) is 17.8. The molecule has 1 fully saturated rings. The van der Waals surface area contributed by atoms with Gasteiger partial charge in [0.05, 0.1) is 19.6 Å². The van der Waals surface area contributed by atoms with Crippen molar-refractivity contribution in [2.24, 2.45) is 5.92 Å². The van der Waals surface area contributed by atoms with Crippen molar-refractivity contribution >= 4 is 28.8 Å². The van der Waals surface area contributed by atoms with Crippen LogP contribution in [0.4, 0.5) is 0 Å². The Bertz CT molecular complexity index is 827. The lowest BCUT2D eigenvalue weighted by Gasteiger charge is -2.10. The lowest BCUT2D eigenvalue weighted by atomic mass is 10.0. The number of fused-ring (bicyclic) bond motifs is 1. The molecule has 130 valence electrons. The van der Waals surface area contributed by atoms with E-state index in [-0.39, 0.29) is 11.9 Å². The maximum Gasteiger partial charge on any atom is 0.328 e. The third kappa shape index (κ3) is 3.65. The van der Waals surface area contributed by atoms with Crippen LogP contribution >= 0.6 is 0 Å². The summed E-state index contributed by atoms with van der Waals surface area (Å²) in [5.74, 6) is -1.19. The summed E-state index contributed by atoms with van der Waals surface area (Å²) in [6, 6.07) is 13.6. The fourth-order valence-corrected chi connectivity index (χ4v) is 3.11. The number of nitrogens with one attached hydrogen (secondary N) is 1. The summed E-state index contributed by atoms with van der Waals surface area (Å²) in [6.07, 6.45) is 2.24. The van der Waals surface area contributed by atoms with E-state index in [9.17, 15) is 9.59 Å². The third-order valence-corrected chi connectivity index (χ3v) is 4.34. The fraction of sp³-hybridized carbons (Fsp3) is 0.300. The highest BCUT2D eigenvalue weighted by Crippen LogP contribution is 2.28. The van der Waals surface area contributed by atoms with Gasteiger partial charge in [-0.2, -0.15) is 0 Å². The van der Waals surface area contributed by atoms with E-state index >= 15 is 0 Å². The predicted octanol–water partition coefficient (Wildman–Crippen LogP) is 2.89. The molecule has 0 spiro atoms. The van der Waals surface area contributed by atoms with Gasteiger partial charge in [-0.1, -0.05) is 36.4 Å². The van der Waals surface area contributed by atoms with E-state index < -0.39 is 12.0 Å². The van der Waals surface area contributed by atoms with Gasteiger partial charge in [0.1, 0.15) is 6.04 Å². The smallest absolute Gasteiger partial charge is 0.328 e. The largest absolute Gasteiger partial charge is 0.467 e. The number of benzene rings is 2. The quantitative estimate of drug-likeness (QED) is 0.868. The molecule has 0 radical (unpaired) electrons. The molecule has 1 aliphatic heterocycles. The zero-order valence-electron chi connectivity index (χ0n) is 14.3. The van der Waals surface area contributed by atoms with Crippen LogP contribution in [0.5, 0.6) is 0 Å². The van der Waals surface area contributed by atoms with Gasteiger partial charge in [0.2, 0.25) is 0 Å². The number of ether oxygens (including phenoxy) is 2. The van der Waals surface area contributed by atoms with E-state index in [0.717, 1.165) is 16.3 Å². The lowest BCUT2D eigenvalue weighted by Crippen LogP contribution is -2.30. The van der Waals surface area contributed by atoms with Crippen LogP contribution in [0, 0.1) is 5.92 Å². The lowest BCUT2D eigenvalue weighted by molar-refractivity contribution is -0.146. The Morgan fingerprint density at radius 1 is 1.16 bits per heavy atom. The van der Waals surface area contributed by atoms with E-state index in [4.69, 9.17) is 9.47 Å². The van der Waals surface area contributed by atoms with Crippen LogP contribution in [0.3, 0.4) is 0 Å². The van der Waals surface area contributed by atoms with Crippen molar-refractivity contribution in [1.82, 2.24) is 5.32 Å². The van der Waals surface area contributed by atoms with Gasteiger partial charge in [-0.15, -0.1) is 0 Å². The van der Waals surface area contributed by atoms with Crippen molar-refractivity contribution in [2.75, 3.05) is 13.7 Å². The normalized spacial score (nSPS) is 21.1. The maximum absolute atomic E-state index is 12.3. The minimum absolute atomic E-state index is 0.307. The highest BCUT2D eigenvalue weighted by Gasteiger charge is 2.38. The topological polar surface area (TPSA) is 64.6 Å². The maximum atomic E-state index is 12.3. The molecule has 5 heteroatoms. The molecule has 0 bridgehead atoms. The number of esters is 2. The summed E-state index contributed by atoms with van der Waals surface area (Å²) in [4.78, 5) is 24.1. The molecule has 2 aromatic carbocycles. The summed E-state index contributed by atoms with van der Waals surface area (Å²) in [5, 5.41) is 5.38. The average Bonchev–Trinajstić information content (AvgIpc) is 3.05. The summed E-state index contributed by atoms with van der Waals surface area (Å²) in [7, 11) is 1.34. The van der Waals surface area contributed by atoms with Gasteiger partial charge < -0.3 is 14.8 Å². The molecule has 0 amide bonds. The van der Waals surface area contributed by atoms with Crippen molar-refractivity contribution < 1.29 is 19.1 Å². The molecule has 25 heavy (non-hydrogen) atoms. The van der Waals surface area contributed by atoms with Crippen LogP contribution in [-0.2, 0) is 19.1 Å². The highest BCUT2D eigenvalue weighted by atomic mass is 16.5. The molecule has 0 saturated carbocycles. The molecule has 1 saturated heterocycles. The van der Waals surface area contributed by atoms with Crippen LogP contribution < -0.4 is 5.32 Å². The van der Waals surface area contributed by atoms with Crippen LogP contribution in [-0.4, -0.2) is 31.7 Å². The number of carbonyl (C=O) groups is 2. The minimum Gasteiger partial charge on any atom is -0.467 e. The molecule has 2 atom stereocenters. The Morgan fingerprint density at radius 2 is 1.92 bits per heavy atom. The molecule has 2 aromatic rings. The predicted molar refractivity (Wildman–Crippen MR) is 95.6 cm³/mol. The summed E-state index contributed by atoms with van der Waals surface area (Å²) in [6.45, 7) is 2.08. The van der Waals surface area contributed by atoms with Crippen molar-refractivity contribution in [2.45, 2.75) is 19.4 Å². The molecular weight excluding hydrogens is 318 g/mol. The Labute approximate surface area is 146 Å². The molecule has 0 unspecified atom stereocenters. The first-order valence-corrected chi connectivity index (χ1v) is 8.33. The van der Waals surface area contributed by atoms with Crippen LogP contribution in [0.15, 0.2) is 48.2 Å². The fourth-order valence-electron chi connectivity index (χ4n) is 3.11. The number of rotatable bonds is 4. The molecule has 1 heterocycles. The summed E-state index contributed by atoms with van der Waals surface area (Å²) < 4.78 is 9.95. The molecule has 1 N–H and O–H groups in total. The van der Waals surface area contributed by atoms with E-state index in [0.29, 0.717) is 18.7 Å². The molecule has 0 aliphatic carbocycles. The second-order valence-electron chi connectivity index (χ2n) is 5.97. The Hall–Kier alpha value is -2.82. The average molecular weight is 339 g/mol. The molecule has 3 rings (SSSR count). The molecular formula is C20H21NO4. The second kappa shape index (κ2) is 7.38. The van der Waals surface area contributed by atoms with Crippen molar-refractivity contribution in [3.63, 3.8) is 0 Å². The van der Waals surface area contributed by atoms with Crippen molar-refractivity contribution in [1.29, 1.82) is 0 Å². The van der Waals surface area contributed by atoms with Gasteiger partial charge in [0.15, 0.2) is 0 Å². The van der Waals surface area contributed by atoms with Crippen LogP contribution in [0.1, 0.15) is 18.9 Å². The van der Waals surface area contributed by atoms with E-state index in [1.54, 1.807) is 6.92 Å². The number of methoxy groups -OCH3 is 1. The van der Waals surface area contributed by atoms with E-state index in [1.165, 1.54) is 7.11 Å². The van der Waals surface area contributed by atoms with Crippen LogP contribution in [0.2, 0.25) is 0 Å². The monoisotopic (exact) mass is 339 g/mol. The molecule has 1 aliphatic rings. The minimum atomic E-state index is -0.536. The summed E-state index contributed by atoms with van der Waals surface area (Å²) >= 11 is 0. The first-order valence-electron chi connectivity index (χ1n) is 8.33. The van der Waals surface area contributed by atoms with Crippen LogP contribution in [0.25, 0.3) is 16.8 Å². The Morgan fingerprint density at radius 3 is 2.64 bits per heavy atom. The zero-order valence-corrected chi connectivity index (χ0v) is 14.3. The standard InChI is InChI=1S/C20H21NO4/c1-3-25-19(22)16-12-18(20(23)24-2)21-17(16)11-13-8-9-14-6-4-5-7-15(14)10-13/h4-11,16,18,21H,3,12H2,1-2H3/b17-11-/t16-,18-/m0/s1. The van der Waals surface area contributed by atoms with E-state index in [2.05, 4.69) is 17.4 Å². The highest BCUT2D eigenvalue weighted by molar-refractivity contribution is 5.87. The Balaban J connectivity index is 1.93. The van der Waals surface area contributed by atoms with Gasteiger partial charge in [-0.25, -0.2) is 4.79 Å². The number of hydrogen-bond donors (Lipinski definition) is 1. The van der Waals surface area contributed by atoms with E-state index in [1.807, 2.05) is 36.4 Å². The van der Waals surface area contributed by atoms with Gasteiger partial charge in [0.25, 0.3) is 0 Å². The third-order valence-electron chi connectivity index (χ3n) is 4.34. The first-order chi connectivity index (χ1) is 12.1. The SMILES string of the molecule is CCOC(=O)[C@H]1C[C@@H](C(=O)OC)N/C1=C\c1ccc2ccccc2c1. The number of hydrogen-bond acceptors (Lipinski definition) is 5. The van der Waals surface area contributed by atoms with Gasteiger partial charge in [-0.05, 0) is 41.8 Å².